The average Bonchev–Trinajstić information content (AvgIpc) is 3.44. The summed E-state index contributed by atoms with van der Waals surface area (Å²) in [6, 6.07) is 10.9. The summed E-state index contributed by atoms with van der Waals surface area (Å²) in [6.07, 6.45) is 3.99. The van der Waals surface area contributed by atoms with Gasteiger partial charge in [0.05, 0.1) is 6.61 Å². The third-order valence-electron chi connectivity index (χ3n) is 5.24. The van der Waals surface area contributed by atoms with E-state index in [9.17, 15) is 13.2 Å². The van der Waals surface area contributed by atoms with Gasteiger partial charge in [0, 0.05) is 37.3 Å². The van der Waals surface area contributed by atoms with Gasteiger partial charge in [-0.2, -0.15) is 4.31 Å². The van der Waals surface area contributed by atoms with Crippen molar-refractivity contribution in [1.82, 2.24) is 14.6 Å². The van der Waals surface area contributed by atoms with Crippen LogP contribution in [-0.2, 0) is 10.0 Å². The molecule has 2 aromatic heterocycles. The van der Waals surface area contributed by atoms with Crippen molar-refractivity contribution >= 4 is 26.8 Å². The summed E-state index contributed by atoms with van der Waals surface area (Å²) in [5.74, 6) is 0.471. The maximum Gasteiger partial charge on any atom is 0.287 e. The molecule has 0 spiro atoms. The molecule has 1 aliphatic rings. The zero-order valence-corrected chi connectivity index (χ0v) is 18.2. The SMILES string of the molecule is Cc1oc(C(=O)NCCCOc2cccc3cccnc23)cc1S(=O)(=O)N1CCCC1. The molecule has 0 unspecified atom stereocenters. The first-order chi connectivity index (χ1) is 15.0. The number of aryl methyl sites for hydroxylation is 1. The number of rotatable bonds is 8. The lowest BCUT2D eigenvalue weighted by atomic mass is 10.2. The molecule has 0 radical (unpaired) electrons. The molecule has 0 saturated carbocycles. The van der Waals surface area contributed by atoms with Crippen molar-refractivity contribution in [2.75, 3.05) is 26.2 Å². The van der Waals surface area contributed by atoms with Gasteiger partial charge in [0.2, 0.25) is 10.0 Å². The minimum atomic E-state index is -3.63. The molecule has 1 fully saturated rings. The number of aromatic nitrogens is 1. The number of amides is 1. The summed E-state index contributed by atoms with van der Waals surface area (Å²) in [5.41, 5.74) is 0.798. The van der Waals surface area contributed by atoms with E-state index in [1.54, 1.807) is 13.1 Å². The van der Waals surface area contributed by atoms with Crippen LogP contribution < -0.4 is 10.1 Å². The molecular formula is C22H25N3O5S. The summed E-state index contributed by atoms with van der Waals surface area (Å²) in [5, 5.41) is 3.75. The second-order valence-corrected chi connectivity index (χ2v) is 9.34. The Morgan fingerprint density at radius 2 is 2.00 bits per heavy atom. The third-order valence-corrected chi connectivity index (χ3v) is 7.24. The van der Waals surface area contributed by atoms with Crippen molar-refractivity contribution in [3.8, 4) is 5.75 Å². The number of pyridine rings is 1. The maximum atomic E-state index is 12.7. The molecular weight excluding hydrogens is 418 g/mol. The van der Waals surface area contributed by atoms with Crippen LogP contribution in [0.3, 0.4) is 0 Å². The standard InChI is InChI=1S/C22H25N3O5S/c1-16-20(31(27,28)25-12-2-3-13-25)15-19(30-16)22(26)24-11-6-14-29-18-9-4-7-17-8-5-10-23-21(17)18/h4-5,7-10,15H,2-3,6,11-14H2,1H3,(H,24,26). The number of carbonyl (C=O) groups excluding carboxylic acids is 1. The molecule has 1 aromatic carbocycles. The van der Waals surface area contributed by atoms with E-state index >= 15 is 0 Å². The molecule has 8 nitrogen and oxygen atoms in total. The number of sulfonamides is 1. The lowest BCUT2D eigenvalue weighted by Crippen LogP contribution is -2.28. The number of hydrogen-bond acceptors (Lipinski definition) is 6. The van der Waals surface area contributed by atoms with Crippen LogP contribution >= 0.6 is 0 Å². The van der Waals surface area contributed by atoms with E-state index in [2.05, 4.69) is 10.3 Å². The van der Waals surface area contributed by atoms with Gasteiger partial charge in [-0.15, -0.1) is 0 Å². The van der Waals surface area contributed by atoms with Gasteiger partial charge < -0.3 is 14.5 Å². The first-order valence-corrected chi connectivity index (χ1v) is 11.8. The zero-order chi connectivity index (χ0) is 21.8. The van der Waals surface area contributed by atoms with Gasteiger partial charge in [0.1, 0.15) is 21.9 Å². The number of benzene rings is 1. The van der Waals surface area contributed by atoms with Crippen molar-refractivity contribution in [3.63, 3.8) is 0 Å². The van der Waals surface area contributed by atoms with E-state index < -0.39 is 15.9 Å². The fraction of sp³-hybridized carbons (Fsp3) is 0.364. The van der Waals surface area contributed by atoms with Gasteiger partial charge in [-0.05, 0) is 38.3 Å². The number of para-hydroxylation sites is 1. The largest absolute Gasteiger partial charge is 0.491 e. The highest BCUT2D eigenvalue weighted by Gasteiger charge is 2.31. The summed E-state index contributed by atoms with van der Waals surface area (Å²) in [4.78, 5) is 16.8. The average molecular weight is 444 g/mol. The quantitative estimate of drug-likeness (QED) is 0.537. The first kappa shape index (κ1) is 21.3. The molecule has 164 valence electrons. The third kappa shape index (κ3) is 4.57. The number of nitrogens with one attached hydrogen (secondary N) is 1. The number of carbonyl (C=O) groups is 1. The Kier molecular flexibility index (Phi) is 6.24. The van der Waals surface area contributed by atoms with Gasteiger partial charge in [-0.1, -0.05) is 18.2 Å². The number of furan rings is 1. The van der Waals surface area contributed by atoms with Crippen LogP contribution in [0.5, 0.6) is 5.75 Å². The van der Waals surface area contributed by atoms with Gasteiger partial charge in [-0.3, -0.25) is 9.78 Å². The second kappa shape index (κ2) is 9.07. The summed E-state index contributed by atoms with van der Waals surface area (Å²) in [7, 11) is -3.63. The van der Waals surface area contributed by atoms with Gasteiger partial charge in [0.25, 0.3) is 5.91 Å². The molecule has 31 heavy (non-hydrogen) atoms. The summed E-state index contributed by atoms with van der Waals surface area (Å²) in [6.45, 7) is 3.33. The summed E-state index contributed by atoms with van der Waals surface area (Å²) < 4.78 is 38.1. The van der Waals surface area contributed by atoms with Gasteiger partial charge in [-0.25, -0.2) is 8.42 Å². The Bertz CT molecular complexity index is 1180. The van der Waals surface area contributed by atoms with Crippen molar-refractivity contribution in [3.05, 3.63) is 54.1 Å². The van der Waals surface area contributed by atoms with Crippen LogP contribution in [0, 0.1) is 6.92 Å². The van der Waals surface area contributed by atoms with Crippen LogP contribution in [0.15, 0.2) is 51.9 Å². The van der Waals surface area contributed by atoms with E-state index in [1.807, 2.05) is 30.3 Å². The molecule has 0 aliphatic carbocycles. The van der Waals surface area contributed by atoms with E-state index in [4.69, 9.17) is 9.15 Å². The molecule has 3 heterocycles. The topological polar surface area (TPSA) is 102 Å². The molecule has 0 bridgehead atoms. The van der Waals surface area contributed by atoms with E-state index in [0.717, 1.165) is 23.7 Å². The highest BCUT2D eigenvalue weighted by Crippen LogP contribution is 2.26. The molecule has 1 amide bonds. The van der Waals surface area contributed by atoms with Crippen LogP contribution in [0.25, 0.3) is 10.9 Å². The monoisotopic (exact) mass is 443 g/mol. The number of nitrogens with zero attached hydrogens (tertiary/aromatic N) is 2. The van der Waals surface area contributed by atoms with Crippen LogP contribution in [0.1, 0.15) is 35.6 Å². The van der Waals surface area contributed by atoms with Crippen molar-refractivity contribution < 1.29 is 22.4 Å². The van der Waals surface area contributed by atoms with E-state index in [0.29, 0.717) is 38.4 Å². The predicted octanol–water partition coefficient (Wildman–Crippen LogP) is 3.12. The van der Waals surface area contributed by atoms with Crippen LogP contribution in [0.2, 0.25) is 0 Å². The number of fused-ring (bicyclic) bond motifs is 1. The molecule has 4 rings (SSSR count). The molecule has 0 atom stereocenters. The van der Waals surface area contributed by atoms with Crippen LogP contribution in [0.4, 0.5) is 0 Å². The van der Waals surface area contributed by atoms with E-state index in [1.165, 1.54) is 10.4 Å². The molecule has 1 aliphatic heterocycles. The number of ether oxygens (including phenoxy) is 1. The van der Waals surface area contributed by atoms with E-state index in [-0.39, 0.29) is 16.4 Å². The summed E-state index contributed by atoms with van der Waals surface area (Å²) >= 11 is 0. The zero-order valence-electron chi connectivity index (χ0n) is 17.3. The highest BCUT2D eigenvalue weighted by atomic mass is 32.2. The van der Waals surface area contributed by atoms with Crippen LogP contribution in [-0.4, -0.2) is 49.9 Å². The van der Waals surface area contributed by atoms with Gasteiger partial charge in [0.15, 0.2) is 5.76 Å². The normalized spacial score (nSPS) is 14.7. The van der Waals surface area contributed by atoms with Crippen molar-refractivity contribution in [2.24, 2.45) is 0 Å². The Morgan fingerprint density at radius 3 is 2.81 bits per heavy atom. The second-order valence-electron chi connectivity index (χ2n) is 7.43. The molecule has 1 N–H and O–H groups in total. The highest BCUT2D eigenvalue weighted by molar-refractivity contribution is 7.89. The molecule has 3 aromatic rings. The first-order valence-electron chi connectivity index (χ1n) is 10.3. The fourth-order valence-electron chi connectivity index (χ4n) is 3.64. The van der Waals surface area contributed by atoms with Crippen molar-refractivity contribution in [2.45, 2.75) is 31.1 Å². The minimum Gasteiger partial charge on any atom is -0.491 e. The Morgan fingerprint density at radius 1 is 1.23 bits per heavy atom. The Labute approximate surface area is 181 Å². The minimum absolute atomic E-state index is 0.00514. The lowest BCUT2D eigenvalue weighted by molar-refractivity contribution is 0.0922. The smallest absolute Gasteiger partial charge is 0.287 e. The van der Waals surface area contributed by atoms with Crippen molar-refractivity contribution in [1.29, 1.82) is 0 Å². The molecule has 1 saturated heterocycles. The Hall–Kier alpha value is -2.91. The lowest BCUT2D eigenvalue weighted by Gasteiger charge is -2.14. The number of hydrogen-bond donors (Lipinski definition) is 1. The predicted molar refractivity (Wildman–Crippen MR) is 116 cm³/mol. The molecule has 9 heteroatoms. The Balaban J connectivity index is 1.30. The van der Waals surface area contributed by atoms with Gasteiger partial charge >= 0.3 is 0 Å². The fourth-order valence-corrected chi connectivity index (χ4v) is 5.31. The maximum absolute atomic E-state index is 12.7.